The first kappa shape index (κ1) is 13.5. The fraction of sp³-hybridized carbons (Fsp3) is 0.462. The zero-order chi connectivity index (χ0) is 12.8. The molecule has 1 unspecified atom stereocenters. The lowest BCUT2D eigenvalue weighted by molar-refractivity contribution is -0.142. The summed E-state index contributed by atoms with van der Waals surface area (Å²) in [5.41, 5.74) is 7.91. The molecule has 1 rings (SSSR count). The standard InChI is InChI=1S/C13H19NO3/c1-9-4-7-12(16-2)10(8-9)5-6-11(14)13(15)17-3/h4,7-8,11H,5-6,14H2,1-3H3. The van der Waals surface area contributed by atoms with E-state index in [9.17, 15) is 4.79 Å². The summed E-state index contributed by atoms with van der Waals surface area (Å²) in [6, 6.07) is 5.38. The minimum Gasteiger partial charge on any atom is -0.496 e. The molecule has 0 aliphatic carbocycles. The van der Waals surface area contributed by atoms with Gasteiger partial charge in [-0.1, -0.05) is 17.7 Å². The van der Waals surface area contributed by atoms with Crippen LogP contribution in [0.2, 0.25) is 0 Å². The second kappa shape index (κ2) is 6.25. The highest BCUT2D eigenvalue weighted by Gasteiger charge is 2.14. The Kier molecular flexibility index (Phi) is 4.97. The van der Waals surface area contributed by atoms with Gasteiger partial charge in [0.1, 0.15) is 11.8 Å². The largest absolute Gasteiger partial charge is 0.496 e. The number of methoxy groups -OCH3 is 2. The van der Waals surface area contributed by atoms with Crippen molar-refractivity contribution in [3.63, 3.8) is 0 Å². The lowest BCUT2D eigenvalue weighted by atomic mass is 10.0. The molecule has 0 bridgehead atoms. The van der Waals surface area contributed by atoms with Crippen LogP contribution >= 0.6 is 0 Å². The van der Waals surface area contributed by atoms with Crippen molar-refractivity contribution in [2.24, 2.45) is 5.73 Å². The van der Waals surface area contributed by atoms with Crippen molar-refractivity contribution in [3.05, 3.63) is 29.3 Å². The van der Waals surface area contributed by atoms with Crippen molar-refractivity contribution in [3.8, 4) is 5.75 Å². The Bertz CT molecular complexity index is 390. The van der Waals surface area contributed by atoms with E-state index in [1.165, 1.54) is 7.11 Å². The molecule has 0 saturated carbocycles. The van der Waals surface area contributed by atoms with E-state index >= 15 is 0 Å². The van der Waals surface area contributed by atoms with E-state index in [4.69, 9.17) is 10.5 Å². The van der Waals surface area contributed by atoms with Gasteiger partial charge in [-0.2, -0.15) is 0 Å². The molecule has 0 heterocycles. The maximum Gasteiger partial charge on any atom is 0.322 e. The van der Waals surface area contributed by atoms with Crippen molar-refractivity contribution >= 4 is 5.97 Å². The van der Waals surface area contributed by atoms with Gasteiger partial charge >= 0.3 is 5.97 Å². The van der Waals surface area contributed by atoms with E-state index in [0.717, 1.165) is 16.9 Å². The predicted molar refractivity (Wildman–Crippen MR) is 66.0 cm³/mol. The Hall–Kier alpha value is -1.55. The number of nitrogens with two attached hydrogens (primary N) is 1. The Balaban J connectivity index is 2.68. The Morgan fingerprint density at radius 3 is 2.71 bits per heavy atom. The molecule has 0 aliphatic heterocycles. The number of esters is 1. The molecule has 17 heavy (non-hydrogen) atoms. The smallest absolute Gasteiger partial charge is 0.322 e. The average Bonchev–Trinajstić information content (AvgIpc) is 2.35. The molecule has 2 N–H and O–H groups in total. The van der Waals surface area contributed by atoms with E-state index in [-0.39, 0.29) is 5.97 Å². The third kappa shape index (κ3) is 3.75. The summed E-state index contributed by atoms with van der Waals surface area (Å²) in [6.45, 7) is 2.02. The van der Waals surface area contributed by atoms with Crippen LogP contribution in [-0.4, -0.2) is 26.2 Å². The number of rotatable bonds is 5. The van der Waals surface area contributed by atoms with Gasteiger partial charge in [-0.3, -0.25) is 4.79 Å². The molecule has 0 spiro atoms. The number of aryl methyl sites for hydroxylation is 2. The molecular weight excluding hydrogens is 218 g/mol. The lowest BCUT2D eigenvalue weighted by Crippen LogP contribution is -2.31. The number of benzene rings is 1. The molecule has 0 aromatic heterocycles. The van der Waals surface area contributed by atoms with Crippen molar-refractivity contribution < 1.29 is 14.3 Å². The van der Waals surface area contributed by atoms with Gasteiger partial charge in [-0.15, -0.1) is 0 Å². The number of hydrogen-bond acceptors (Lipinski definition) is 4. The van der Waals surface area contributed by atoms with E-state index in [1.807, 2.05) is 25.1 Å². The molecule has 94 valence electrons. The molecule has 1 atom stereocenters. The average molecular weight is 237 g/mol. The molecular formula is C13H19NO3. The maximum absolute atomic E-state index is 11.2. The third-order valence-electron chi connectivity index (χ3n) is 2.66. The van der Waals surface area contributed by atoms with Crippen LogP contribution < -0.4 is 10.5 Å². The number of ether oxygens (including phenoxy) is 2. The first-order chi connectivity index (χ1) is 8.08. The third-order valence-corrected chi connectivity index (χ3v) is 2.66. The highest BCUT2D eigenvalue weighted by molar-refractivity contribution is 5.75. The molecule has 0 fully saturated rings. The van der Waals surface area contributed by atoms with Crippen LogP contribution in [-0.2, 0) is 16.0 Å². The highest BCUT2D eigenvalue weighted by Crippen LogP contribution is 2.21. The molecule has 1 aromatic rings. The number of carbonyl (C=O) groups is 1. The van der Waals surface area contributed by atoms with Crippen LogP contribution in [0.25, 0.3) is 0 Å². The van der Waals surface area contributed by atoms with Crippen molar-refractivity contribution in [2.75, 3.05) is 14.2 Å². The summed E-state index contributed by atoms with van der Waals surface area (Å²) in [4.78, 5) is 11.2. The summed E-state index contributed by atoms with van der Waals surface area (Å²) in [7, 11) is 2.98. The molecule has 1 aromatic carbocycles. The molecule has 4 nitrogen and oxygen atoms in total. The van der Waals surface area contributed by atoms with Crippen molar-refractivity contribution in [1.82, 2.24) is 0 Å². The normalized spacial score (nSPS) is 12.0. The molecule has 0 saturated heterocycles. The summed E-state index contributed by atoms with van der Waals surface area (Å²) in [6.07, 6.45) is 1.24. The van der Waals surface area contributed by atoms with Crippen LogP contribution in [0.1, 0.15) is 17.5 Å². The van der Waals surface area contributed by atoms with E-state index < -0.39 is 6.04 Å². The van der Waals surface area contributed by atoms with Gasteiger partial charge in [0.2, 0.25) is 0 Å². The quantitative estimate of drug-likeness (QED) is 0.787. The topological polar surface area (TPSA) is 61.5 Å². The first-order valence-corrected chi connectivity index (χ1v) is 5.55. The van der Waals surface area contributed by atoms with Crippen LogP contribution in [0.5, 0.6) is 5.75 Å². The second-order valence-corrected chi connectivity index (χ2v) is 3.98. The molecule has 0 amide bonds. The monoisotopic (exact) mass is 237 g/mol. The van der Waals surface area contributed by atoms with Crippen molar-refractivity contribution in [2.45, 2.75) is 25.8 Å². The van der Waals surface area contributed by atoms with Crippen LogP contribution in [0.3, 0.4) is 0 Å². The number of hydrogen-bond donors (Lipinski definition) is 1. The van der Waals surface area contributed by atoms with Gasteiger partial charge in [0.05, 0.1) is 14.2 Å². The Morgan fingerprint density at radius 1 is 1.41 bits per heavy atom. The van der Waals surface area contributed by atoms with E-state index in [2.05, 4.69) is 4.74 Å². The second-order valence-electron chi connectivity index (χ2n) is 3.98. The first-order valence-electron chi connectivity index (χ1n) is 5.55. The van der Waals surface area contributed by atoms with E-state index in [1.54, 1.807) is 7.11 Å². The van der Waals surface area contributed by atoms with Crippen LogP contribution in [0.4, 0.5) is 0 Å². The summed E-state index contributed by atoms with van der Waals surface area (Å²) in [5.74, 6) is 0.448. The zero-order valence-corrected chi connectivity index (χ0v) is 10.5. The Morgan fingerprint density at radius 2 is 2.12 bits per heavy atom. The summed E-state index contributed by atoms with van der Waals surface area (Å²) < 4.78 is 9.85. The zero-order valence-electron chi connectivity index (χ0n) is 10.5. The molecule has 0 aliphatic rings. The minimum absolute atomic E-state index is 0.378. The van der Waals surface area contributed by atoms with Gasteiger partial charge in [-0.05, 0) is 31.4 Å². The van der Waals surface area contributed by atoms with Gasteiger partial charge in [-0.25, -0.2) is 0 Å². The molecule has 4 heteroatoms. The predicted octanol–water partition coefficient (Wildman–Crippen LogP) is 1.44. The minimum atomic E-state index is -0.579. The van der Waals surface area contributed by atoms with Gasteiger partial charge < -0.3 is 15.2 Å². The fourth-order valence-corrected chi connectivity index (χ4v) is 1.68. The highest BCUT2D eigenvalue weighted by atomic mass is 16.5. The summed E-state index contributed by atoms with van der Waals surface area (Å²) >= 11 is 0. The maximum atomic E-state index is 11.2. The van der Waals surface area contributed by atoms with E-state index in [0.29, 0.717) is 12.8 Å². The molecule has 0 radical (unpaired) electrons. The van der Waals surface area contributed by atoms with Gasteiger partial charge in [0.25, 0.3) is 0 Å². The van der Waals surface area contributed by atoms with Gasteiger partial charge in [0.15, 0.2) is 0 Å². The van der Waals surface area contributed by atoms with Crippen LogP contribution in [0.15, 0.2) is 18.2 Å². The Labute approximate surface area is 102 Å². The lowest BCUT2D eigenvalue weighted by Gasteiger charge is -2.12. The number of carbonyl (C=O) groups excluding carboxylic acids is 1. The van der Waals surface area contributed by atoms with Gasteiger partial charge in [0, 0.05) is 0 Å². The summed E-state index contributed by atoms with van der Waals surface area (Å²) in [5, 5.41) is 0. The van der Waals surface area contributed by atoms with Crippen molar-refractivity contribution in [1.29, 1.82) is 0 Å². The SMILES string of the molecule is COC(=O)C(N)CCc1cc(C)ccc1OC. The van der Waals surface area contributed by atoms with Crippen LogP contribution in [0, 0.1) is 6.92 Å². The fourth-order valence-electron chi connectivity index (χ4n) is 1.68.